The summed E-state index contributed by atoms with van der Waals surface area (Å²) in [5, 5.41) is 5.83. The van der Waals surface area contributed by atoms with Crippen molar-refractivity contribution in [3.05, 3.63) is 71.4 Å². The molecule has 0 aliphatic carbocycles. The van der Waals surface area contributed by atoms with Crippen molar-refractivity contribution in [1.29, 1.82) is 0 Å². The topological polar surface area (TPSA) is 103 Å². The molecule has 208 valence electrons. The smallest absolute Gasteiger partial charge is 0.338 e. The summed E-state index contributed by atoms with van der Waals surface area (Å²) in [5.74, 6) is 0.804. The number of benzene rings is 2. The van der Waals surface area contributed by atoms with Gasteiger partial charge in [0.1, 0.15) is 11.5 Å². The number of ether oxygens (including phenoxy) is 2. The van der Waals surface area contributed by atoms with Crippen LogP contribution in [0.5, 0.6) is 11.5 Å². The molecule has 0 radical (unpaired) electrons. The van der Waals surface area contributed by atoms with E-state index in [-0.39, 0.29) is 18.7 Å². The number of hydrogen-bond acceptors (Lipinski definition) is 6. The fraction of sp³-hybridized carbons (Fsp3) is 0.414. The minimum atomic E-state index is -0.708. The summed E-state index contributed by atoms with van der Waals surface area (Å²) in [6.07, 6.45) is 0.789. The molecule has 2 heterocycles. The van der Waals surface area contributed by atoms with Crippen LogP contribution in [-0.4, -0.2) is 85.7 Å². The van der Waals surface area contributed by atoms with Gasteiger partial charge in [-0.15, -0.1) is 0 Å². The Kier molecular flexibility index (Phi) is 9.43. The zero-order chi connectivity index (χ0) is 27.8. The predicted octanol–water partition coefficient (Wildman–Crippen LogP) is 3.73. The van der Waals surface area contributed by atoms with E-state index < -0.39 is 12.0 Å². The van der Waals surface area contributed by atoms with Gasteiger partial charge in [0.15, 0.2) is 0 Å². The van der Waals surface area contributed by atoms with Gasteiger partial charge in [0.2, 0.25) is 0 Å². The number of rotatable bonds is 8. The van der Waals surface area contributed by atoms with Crippen LogP contribution in [0.25, 0.3) is 0 Å². The molecule has 2 aromatic rings. The second-order valence-electron chi connectivity index (χ2n) is 9.46. The lowest BCUT2D eigenvalue weighted by Crippen LogP contribution is -2.49. The highest BCUT2D eigenvalue weighted by Gasteiger charge is 2.37. The van der Waals surface area contributed by atoms with Gasteiger partial charge in [-0.2, -0.15) is 0 Å². The number of hydrogen-bond donors (Lipinski definition) is 2. The molecular formula is C29H37N5O5. The van der Waals surface area contributed by atoms with Crippen LogP contribution in [0.4, 0.5) is 9.59 Å². The maximum atomic E-state index is 13.4. The lowest BCUT2D eigenvalue weighted by atomic mass is 9.94. The van der Waals surface area contributed by atoms with Crippen molar-refractivity contribution in [2.24, 2.45) is 0 Å². The molecule has 2 aromatic carbocycles. The zero-order valence-corrected chi connectivity index (χ0v) is 22.8. The van der Waals surface area contributed by atoms with Crippen molar-refractivity contribution in [3.8, 4) is 11.5 Å². The van der Waals surface area contributed by atoms with Crippen molar-refractivity contribution in [2.45, 2.75) is 26.3 Å². The Hall–Kier alpha value is -4.05. The summed E-state index contributed by atoms with van der Waals surface area (Å²) < 4.78 is 11.5. The molecule has 4 amide bonds. The average Bonchev–Trinajstić information content (AvgIpc) is 3.18. The molecule has 0 bridgehead atoms. The maximum absolute atomic E-state index is 13.4. The molecule has 10 nitrogen and oxygen atoms in total. The van der Waals surface area contributed by atoms with E-state index in [9.17, 15) is 14.4 Å². The zero-order valence-electron chi connectivity index (χ0n) is 22.8. The summed E-state index contributed by atoms with van der Waals surface area (Å²) in [6.45, 7) is 7.39. The molecule has 1 fully saturated rings. The average molecular weight is 536 g/mol. The largest absolute Gasteiger partial charge is 0.463 e. The highest BCUT2D eigenvalue weighted by molar-refractivity contribution is 5.95. The highest BCUT2D eigenvalue weighted by Crippen LogP contribution is 2.34. The monoisotopic (exact) mass is 535 g/mol. The Bertz CT molecular complexity index is 1200. The Morgan fingerprint density at radius 1 is 1.00 bits per heavy atom. The Morgan fingerprint density at radius 2 is 1.77 bits per heavy atom. The van der Waals surface area contributed by atoms with Gasteiger partial charge in [-0.1, -0.05) is 30.3 Å². The number of para-hydroxylation sites is 1. The van der Waals surface area contributed by atoms with Crippen LogP contribution < -0.4 is 15.4 Å². The van der Waals surface area contributed by atoms with Gasteiger partial charge in [-0.05, 0) is 50.1 Å². The van der Waals surface area contributed by atoms with Gasteiger partial charge in [0, 0.05) is 52.0 Å². The molecule has 4 rings (SSSR count). The number of nitrogens with zero attached hydrogens (tertiary/aromatic N) is 3. The van der Waals surface area contributed by atoms with Crippen LogP contribution in [0.15, 0.2) is 65.9 Å². The number of esters is 1. The molecule has 2 aliphatic rings. The van der Waals surface area contributed by atoms with Crippen LogP contribution in [0.3, 0.4) is 0 Å². The first kappa shape index (κ1) is 28.0. The summed E-state index contributed by atoms with van der Waals surface area (Å²) in [5.41, 5.74) is 1.69. The molecule has 1 atom stereocenters. The standard InChI is InChI=1S/C29H37N5O5/c1-4-30-28(36)34-16-10-15-33(17-18-34)20-24-25(27(35)38-5-2)26(31-29(37)32(24)3)21-11-9-14-23(19-21)39-22-12-7-6-8-13-22/h6-9,11-14,19,26H,4-5,10,15-18,20H2,1-3H3,(H,30,36)(H,31,37)/t26-/m1/s1. The number of nitrogens with one attached hydrogen (secondary N) is 2. The van der Waals surface area contributed by atoms with Gasteiger partial charge in [-0.25, -0.2) is 14.4 Å². The molecule has 2 N–H and O–H groups in total. The highest BCUT2D eigenvalue weighted by atomic mass is 16.5. The lowest BCUT2D eigenvalue weighted by Gasteiger charge is -2.36. The fourth-order valence-corrected chi connectivity index (χ4v) is 4.84. The SMILES string of the molecule is CCNC(=O)N1CCCN(CC2=C(C(=O)OCC)[C@@H](c3cccc(Oc4ccccc4)c3)NC(=O)N2C)CC1. The first-order valence-corrected chi connectivity index (χ1v) is 13.4. The second-order valence-corrected chi connectivity index (χ2v) is 9.46. The van der Waals surface area contributed by atoms with Gasteiger partial charge in [-0.3, -0.25) is 9.80 Å². The van der Waals surface area contributed by atoms with E-state index in [1.165, 1.54) is 4.90 Å². The minimum absolute atomic E-state index is 0.0717. The van der Waals surface area contributed by atoms with Crippen molar-refractivity contribution >= 4 is 18.0 Å². The third kappa shape index (κ3) is 6.88. The molecule has 1 saturated heterocycles. The molecule has 0 spiro atoms. The van der Waals surface area contributed by atoms with Crippen LogP contribution >= 0.6 is 0 Å². The number of carbonyl (C=O) groups excluding carboxylic acids is 3. The summed E-state index contributed by atoms with van der Waals surface area (Å²) in [4.78, 5) is 44.3. The summed E-state index contributed by atoms with van der Waals surface area (Å²) in [6, 6.07) is 15.7. The van der Waals surface area contributed by atoms with Crippen molar-refractivity contribution in [3.63, 3.8) is 0 Å². The lowest BCUT2D eigenvalue weighted by molar-refractivity contribution is -0.139. The maximum Gasteiger partial charge on any atom is 0.338 e. The number of amides is 4. The van der Waals surface area contributed by atoms with E-state index in [4.69, 9.17) is 9.47 Å². The van der Waals surface area contributed by atoms with Gasteiger partial charge in [0.25, 0.3) is 0 Å². The van der Waals surface area contributed by atoms with Crippen LogP contribution in [0.2, 0.25) is 0 Å². The molecule has 0 saturated carbocycles. The Balaban J connectivity index is 1.64. The quantitative estimate of drug-likeness (QED) is 0.500. The van der Waals surface area contributed by atoms with E-state index in [0.717, 1.165) is 13.0 Å². The van der Waals surface area contributed by atoms with Crippen LogP contribution in [0.1, 0.15) is 31.9 Å². The van der Waals surface area contributed by atoms with Crippen molar-refractivity contribution in [2.75, 3.05) is 52.9 Å². The summed E-state index contributed by atoms with van der Waals surface area (Å²) >= 11 is 0. The third-order valence-corrected chi connectivity index (χ3v) is 6.82. The predicted molar refractivity (Wildman–Crippen MR) is 147 cm³/mol. The van der Waals surface area contributed by atoms with Gasteiger partial charge in [0.05, 0.1) is 18.2 Å². The second kappa shape index (κ2) is 13.1. The minimum Gasteiger partial charge on any atom is -0.463 e. The van der Waals surface area contributed by atoms with E-state index in [1.54, 1.807) is 14.0 Å². The molecular weight excluding hydrogens is 498 g/mol. The van der Waals surface area contributed by atoms with Crippen LogP contribution in [-0.2, 0) is 9.53 Å². The first-order valence-electron chi connectivity index (χ1n) is 13.4. The normalized spacial score (nSPS) is 18.3. The molecule has 39 heavy (non-hydrogen) atoms. The van der Waals surface area contributed by atoms with Crippen molar-refractivity contribution in [1.82, 2.24) is 25.3 Å². The fourth-order valence-electron chi connectivity index (χ4n) is 4.84. The van der Waals surface area contributed by atoms with E-state index in [1.807, 2.05) is 66.4 Å². The number of carbonyl (C=O) groups is 3. The Labute approximate surface area is 229 Å². The van der Waals surface area contributed by atoms with Crippen molar-refractivity contribution < 1.29 is 23.9 Å². The van der Waals surface area contributed by atoms with E-state index >= 15 is 0 Å². The third-order valence-electron chi connectivity index (χ3n) is 6.82. The molecule has 0 unspecified atom stereocenters. The van der Waals surface area contributed by atoms with Gasteiger partial charge >= 0.3 is 18.0 Å². The Morgan fingerprint density at radius 3 is 2.51 bits per heavy atom. The molecule has 2 aliphatic heterocycles. The number of likely N-dealkylation sites (N-methyl/N-ethyl adjacent to an activating group) is 1. The van der Waals surface area contributed by atoms with Gasteiger partial charge < -0.3 is 25.0 Å². The van der Waals surface area contributed by atoms with Crippen LogP contribution in [0, 0.1) is 0 Å². The summed E-state index contributed by atoms with van der Waals surface area (Å²) in [7, 11) is 1.66. The number of urea groups is 2. The first-order chi connectivity index (χ1) is 18.9. The molecule has 0 aromatic heterocycles. The van der Waals surface area contributed by atoms with E-state index in [0.29, 0.717) is 61.1 Å². The van der Waals surface area contributed by atoms with E-state index in [2.05, 4.69) is 15.5 Å². The molecule has 10 heteroatoms.